The molecule has 2 aromatic rings. The van der Waals surface area contributed by atoms with Crippen molar-refractivity contribution in [2.75, 3.05) is 18.4 Å². The van der Waals surface area contributed by atoms with Crippen LogP contribution < -0.4 is 15.4 Å². The molecule has 0 fully saturated rings. The molecular weight excluding hydrogens is 310 g/mol. The molecule has 0 aliphatic heterocycles. The van der Waals surface area contributed by atoms with Crippen LogP contribution in [-0.2, 0) is 0 Å². The third kappa shape index (κ3) is 6.20. The van der Waals surface area contributed by atoms with Gasteiger partial charge in [0.05, 0.1) is 13.1 Å². The van der Waals surface area contributed by atoms with Crippen molar-refractivity contribution >= 4 is 23.1 Å². The van der Waals surface area contributed by atoms with Gasteiger partial charge >= 0.3 is 0 Å². The lowest BCUT2D eigenvalue weighted by molar-refractivity contribution is 0.224. The van der Waals surface area contributed by atoms with Crippen molar-refractivity contribution < 1.29 is 4.74 Å². The summed E-state index contributed by atoms with van der Waals surface area (Å²) in [6.07, 6.45) is -0.0207. The monoisotopic (exact) mass is 331 g/mol. The predicted molar refractivity (Wildman–Crippen MR) is 96.9 cm³/mol. The lowest BCUT2D eigenvalue weighted by Crippen LogP contribution is -2.36. The summed E-state index contributed by atoms with van der Waals surface area (Å²) < 4.78 is 5.83. The number of aryl methyl sites for hydroxylation is 1. The van der Waals surface area contributed by atoms with E-state index in [4.69, 9.17) is 21.7 Å². The molecule has 122 valence electrons. The molecule has 0 aromatic heterocycles. The number of ether oxygens (including phenoxy) is 1. The number of hydrogen-bond acceptors (Lipinski definition) is 3. The molecule has 0 spiro atoms. The van der Waals surface area contributed by atoms with Crippen LogP contribution in [0.1, 0.15) is 12.5 Å². The van der Waals surface area contributed by atoms with E-state index in [0.29, 0.717) is 23.9 Å². The maximum atomic E-state index is 7.93. The van der Waals surface area contributed by atoms with Gasteiger partial charge in [-0.2, -0.15) is 0 Å². The first kappa shape index (κ1) is 17.2. The highest BCUT2D eigenvalue weighted by atomic mass is 35.5. The van der Waals surface area contributed by atoms with Crippen molar-refractivity contribution in [3.63, 3.8) is 0 Å². The second kappa shape index (κ2) is 8.44. The Morgan fingerprint density at radius 2 is 1.96 bits per heavy atom. The molecule has 5 heteroatoms. The minimum atomic E-state index is -0.0207. The average Bonchev–Trinajstić information content (AvgIpc) is 2.52. The van der Waals surface area contributed by atoms with E-state index in [-0.39, 0.29) is 6.10 Å². The number of anilines is 1. The van der Waals surface area contributed by atoms with E-state index in [1.165, 1.54) is 5.56 Å². The SMILES string of the molecule is Cc1cccc(OC(C)CNC(=N)CNc2ccc(Cl)cc2)c1. The van der Waals surface area contributed by atoms with Crippen LogP contribution in [0.25, 0.3) is 0 Å². The van der Waals surface area contributed by atoms with Crippen molar-refractivity contribution in [1.29, 1.82) is 5.41 Å². The molecular formula is C18H22ClN3O. The molecule has 0 aliphatic carbocycles. The fourth-order valence-electron chi connectivity index (χ4n) is 2.05. The van der Waals surface area contributed by atoms with Crippen LogP contribution in [0, 0.1) is 12.3 Å². The van der Waals surface area contributed by atoms with Gasteiger partial charge in [-0.25, -0.2) is 0 Å². The minimum Gasteiger partial charge on any atom is -0.489 e. The maximum Gasteiger partial charge on any atom is 0.120 e. The molecule has 0 aliphatic rings. The van der Waals surface area contributed by atoms with Gasteiger partial charge in [-0.3, -0.25) is 5.41 Å². The molecule has 1 atom stereocenters. The number of halogens is 1. The average molecular weight is 332 g/mol. The minimum absolute atomic E-state index is 0.0207. The van der Waals surface area contributed by atoms with E-state index in [2.05, 4.69) is 10.6 Å². The first-order chi connectivity index (χ1) is 11.0. The van der Waals surface area contributed by atoms with Gasteiger partial charge in [0.2, 0.25) is 0 Å². The molecule has 23 heavy (non-hydrogen) atoms. The van der Waals surface area contributed by atoms with E-state index in [1.807, 2.05) is 62.4 Å². The first-order valence-electron chi connectivity index (χ1n) is 7.57. The van der Waals surface area contributed by atoms with Crippen molar-refractivity contribution in [3.05, 3.63) is 59.1 Å². The zero-order chi connectivity index (χ0) is 16.7. The Bertz CT molecular complexity index is 643. The number of benzene rings is 2. The highest BCUT2D eigenvalue weighted by molar-refractivity contribution is 6.30. The van der Waals surface area contributed by atoms with Crippen LogP contribution >= 0.6 is 11.6 Å². The molecule has 0 amide bonds. The lowest BCUT2D eigenvalue weighted by atomic mass is 10.2. The molecule has 0 heterocycles. The Kier molecular flexibility index (Phi) is 6.29. The zero-order valence-electron chi connectivity index (χ0n) is 13.4. The Balaban J connectivity index is 1.70. The van der Waals surface area contributed by atoms with Crippen molar-refractivity contribution in [1.82, 2.24) is 5.32 Å². The van der Waals surface area contributed by atoms with Crippen molar-refractivity contribution in [2.45, 2.75) is 20.0 Å². The van der Waals surface area contributed by atoms with E-state index in [9.17, 15) is 0 Å². The van der Waals surface area contributed by atoms with E-state index in [0.717, 1.165) is 11.4 Å². The van der Waals surface area contributed by atoms with E-state index < -0.39 is 0 Å². The van der Waals surface area contributed by atoms with Crippen LogP contribution in [0.3, 0.4) is 0 Å². The molecule has 1 unspecified atom stereocenters. The van der Waals surface area contributed by atoms with E-state index in [1.54, 1.807) is 0 Å². The molecule has 3 N–H and O–H groups in total. The van der Waals surface area contributed by atoms with Crippen LogP contribution in [-0.4, -0.2) is 25.0 Å². The largest absolute Gasteiger partial charge is 0.489 e. The molecule has 2 aromatic carbocycles. The Hall–Kier alpha value is -2.20. The zero-order valence-corrected chi connectivity index (χ0v) is 14.2. The standard InChI is InChI=1S/C18H22ClN3O/c1-13-4-3-5-17(10-13)23-14(2)11-22-18(20)12-21-16-8-6-15(19)7-9-16/h3-10,14,21H,11-12H2,1-2H3,(H2,20,22). The molecule has 0 saturated carbocycles. The second-order valence-electron chi connectivity index (χ2n) is 5.46. The number of nitrogens with one attached hydrogen (secondary N) is 3. The summed E-state index contributed by atoms with van der Waals surface area (Å²) >= 11 is 5.84. The van der Waals surface area contributed by atoms with Crippen molar-refractivity contribution in [2.24, 2.45) is 0 Å². The van der Waals surface area contributed by atoms with Crippen molar-refractivity contribution in [3.8, 4) is 5.75 Å². The summed E-state index contributed by atoms with van der Waals surface area (Å²) in [7, 11) is 0. The van der Waals surface area contributed by atoms with Gasteiger partial charge in [-0.15, -0.1) is 0 Å². The maximum absolute atomic E-state index is 7.93. The lowest BCUT2D eigenvalue weighted by Gasteiger charge is -2.17. The van der Waals surface area contributed by atoms with Gasteiger partial charge in [0, 0.05) is 10.7 Å². The number of rotatable bonds is 7. The van der Waals surface area contributed by atoms with Gasteiger partial charge in [0.25, 0.3) is 0 Å². The summed E-state index contributed by atoms with van der Waals surface area (Å²) in [5.41, 5.74) is 2.10. The van der Waals surface area contributed by atoms with Crippen LogP contribution in [0.5, 0.6) is 5.75 Å². The van der Waals surface area contributed by atoms with Crippen LogP contribution in [0.4, 0.5) is 5.69 Å². The summed E-state index contributed by atoms with van der Waals surface area (Å²) in [4.78, 5) is 0. The third-order valence-electron chi connectivity index (χ3n) is 3.24. The highest BCUT2D eigenvalue weighted by Gasteiger charge is 2.05. The summed E-state index contributed by atoms with van der Waals surface area (Å²) in [5.74, 6) is 1.27. The highest BCUT2D eigenvalue weighted by Crippen LogP contribution is 2.14. The Morgan fingerprint density at radius 3 is 2.65 bits per heavy atom. The van der Waals surface area contributed by atoms with Gasteiger partial charge < -0.3 is 15.4 Å². The first-order valence-corrected chi connectivity index (χ1v) is 7.95. The molecule has 0 radical (unpaired) electrons. The van der Waals surface area contributed by atoms with Crippen LogP contribution in [0.15, 0.2) is 48.5 Å². The third-order valence-corrected chi connectivity index (χ3v) is 3.50. The fourth-order valence-corrected chi connectivity index (χ4v) is 2.18. The number of amidine groups is 1. The topological polar surface area (TPSA) is 57.1 Å². The van der Waals surface area contributed by atoms with Gasteiger partial charge in [-0.1, -0.05) is 23.7 Å². The second-order valence-corrected chi connectivity index (χ2v) is 5.90. The van der Waals surface area contributed by atoms with Gasteiger partial charge in [0.1, 0.15) is 17.7 Å². The van der Waals surface area contributed by atoms with Gasteiger partial charge in [-0.05, 0) is 55.8 Å². The summed E-state index contributed by atoms with van der Waals surface area (Å²) in [6, 6.07) is 15.4. The molecule has 0 saturated heterocycles. The van der Waals surface area contributed by atoms with Gasteiger partial charge in [0.15, 0.2) is 0 Å². The Morgan fingerprint density at radius 1 is 1.22 bits per heavy atom. The molecule has 4 nitrogen and oxygen atoms in total. The van der Waals surface area contributed by atoms with E-state index >= 15 is 0 Å². The smallest absolute Gasteiger partial charge is 0.120 e. The summed E-state index contributed by atoms with van der Waals surface area (Å²) in [6.45, 7) is 5.02. The van der Waals surface area contributed by atoms with Crippen LogP contribution in [0.2, 0.25) is 5.02 Å². The Labute approximate surface area is 142 Å². The fraction of sp³-hybridized carbons (Fsp3) is 0.278. The predicted octanol–water partition coefficient (Wildman–Crippen LogP) is 4.09. The molecule has 0 bridgehead atoms. The molecule has 2 rings (SSSR count). The summed E-state index contributed by atoms with van der Waals surface area (Å²) in [5, 5.41) is 14.9. The number of hydrogen-bond donors (Lipinski definition) is 3. The quantitative estimate of drug-likeness (QED) is 0.529. The normalized spacial score (nSPS) is 11.6.